The Morgan fingerprint density at radius 2 is 1.80 bits per heavy atom. The minimum Gasteiger partial charge on any atom is -0.480 e. The lowest BCUT2D eigenvalue weighted by atomic mass is 10.2. The van der Waals surface area contributed by atoms with Gasteiger partial charge >= 0.3 is 12.1 Å². The Morgan fingerprint density at radius 3 is 2.07 bits per heavy atom. The fourth-order valence-electron chi connectivity index (χ4n) is 0.667. The lowest BCUT2D eigenvalue weighted by molar-refractivity contribution is -0.143. The number of halogens is 2. The Labute approximate surface area is 85.4 Å². The van der Waals surface area contributed by atoms with Crippen LogP contribution < -0.4 is 5.32 Å². The van der Waals surface area contributed by atoms with Crippen LogP contribution in [0, 0.1) is 0 Å². The smallest absolute Gasteiger partial charge is 0.408 e. The van der Waals surface area contributed by atoms with Crippen molar-refractivity contribution in [2.75, 3.05) is 0 Å². The summed E-state index contributed by atoms with van der Waals surface area (Å²) in [5, 5.41) is 9.90. The molecule has 0 fully saturated rings. The molecule has 88 valence electrons. The number of hydrogen-bond donors (Lipinski definition) is 2. The van der Waals surface area contributed by atoms with Crippen LogP contribution in [0.4, 0.5) is 13.6 Å². The maximum atomic E-state index is 12.1. The Balaban J connectivity index is 4.31. The Morgan fingerprint density at radius 1 is 1.33 bits per heavy atom. The van der Waals surface area contributed by atoms with E-state index in [1.165, 1.54) is 20.8 Å². The summed E-state index contributed by atoms with van der Waals surface area (Å²) in [7, 11) is 0. The molecule has 0 aromatic rings. The van der Waals surface area contributed by atoms with Gasteiger partial charge in [-0.25, -0.2) is 18.4 Å². The van der Waals surface area contributed by atoms with Crippen LogP contribution in [-0.4, -0.2) is 35.2 Å². The van der Waals surface area contributed by atoms with Gasteiger partial charge in [0, 0.05) is 0 Å². The van der Waals surface area contributed by atoms with Crippen molar-refractivity contribution in [1.29, 1.82) is 0 Å². The van der Waals surface area contributed by atoms with Crippen molar-refractivity contribution in [3.63, 3.8) is 0 Å². The molecule has 2 N–H and O–H groups in total. The van der Waals surface area contributed by atoms with Gasteiger partial charge < -0.3 is 15.2 Å². The fraction of sp³-hybridized carbons (Fsp3) is 0.750. The van der Waals surface area contributed by atoms with Gasteiger partial charge in [-0.05, 0) is 20.8 Å². The van der Waals surface area contributed by atoms with Crippen molar-refractivity contribution in [2.24, 2.45) is 0 Å². The lowest BCUT2D eigenvalue weighted by Crippen LogP contribution is -2.47. The van der Waals surface area contributed by atoms with Gasteiger partial charge in [-0.1, -0.05) is 0 Å². The van der Waals surface area contributed by atoms with E-state index in [-0.39, 0.29) is 0 Å². The monoisotopic (exact) mass is 225 g/mol. The fourth-order valence-corrected chi connectivity index (χ4v) is 0.667. The molecule has 0 aliphatic heterocycles. The van der Waals surface area contributed by atoms with E-state index in [2.05, 4.69) is 4.74 Å². The minimum atomic E-state index is -3.19. The molecule has 1 atom stereocenters. The van der Waals surface area contributed by atoms with Crippen molar-refractivity contribution < 1.29 is 28.2 Å². The average molecular weight is 225 g/mol. The quantitative estimate of drug-likeness (QED) is 0.757. The van der Waals surface area contributed by atoms with Gasteiger partial charge in [-0.3, -0.25) is 0 Å². The molecule has 0 saturated carbocycles. The first-order valence-corrected chi connectivity index (χ1v) is 4.14. The molecule has 0 aromatic heterocycles. The average Bonchev–Trinajstić information content (AvgIpc) is 1.95. The summed E-state index contributed by atoms with van der Waals surface area (Å²) in [5.74, 6) is -1.81. The predicted molar refractivity (Wildman–Crippen MR) is 46.8 cm³/mol. The normalized spacial score (nSPS) is 13.5. The van der Waals surface area contributed by atoms with Gasteiger partial charge in [0.2, 0.25) is 0 Å². The maximum Gasteiger partial charge on any atom is 0.408 e. The van der Waals surface area contributed by atoms with Crippen LogP contribution in [-0.2, 0) is 9.53 Å². The number of carboxylic acids is 1. The number of alkyl halides is 2. The molecule has 0 bridgehead atoms. The number of carbonyl (C=O) groups is 2. The second kappa shape index (κ2) is 4.90. The van der Waals surface area contributed by atoms with Gasteiger partial charge in [0.25, 0.3) is 6.43 Å². The van der Waals surface area contributed by atoms with E-state index < -0.39 is 30.1 Å². The van der Waals surface area contributed by atoms with Crippen molar-refractivity contribution in [3.8, 4) is 0 Å². The highest BCUT2D eigenvalue weighted by Crippen LogP contribution is 2.08. The second-order valence-electron chi connectivity index (χ2n) is 3.80. The highest BCUT2D eigenvalue weighted by Gasteiger charge is 2.31. The molecule has 0 aromatic carbocycles. The van der Waals surface area contributed by atoms with Crippen molar-refractivity contribution in [3.05, 3.63) is 0 Å². The molecular weight excluding hydrogens is 212 g/mol. The van der Waals surface area contributed by atoms with E-state index in [9.17, 15) is 18.4 Å². The second-order valence-corrected chi connectivity index (χ2v) is 3.80. The van der Waals surface area contributed by atoms with Gasteiger partial charge in [0.05, 0.1) is 0 Å². The molecule has 0 unspecified atom stereocenters. The zero-order chi connectivity index (χ0) is 12.2. The third kappa shape index (κ3) is 5.82. The van der Waals surface area contributed by atoms with E-state index in [4.69, 9.17) is 5.11 Å². The largest absolute Gasteiger partial charge is 0.480 e. The minimum absolute atomic E-state index is 0.866. The number of ether oxygens (including phenoxy) is 1. The van der Waals surface area contributed by atoms with Gasteiger partial charge in [0.1, 0.15) is 5.60 Å². The van der Waals surface area contributed by atoms with Gasteiger partial charge in [-0.2, -0.15) is 0 Å². The molecule has 0 aliphatic carbocycles. The highest BCUT2D eigenvalue weighted by atomic mass is 19.3. The summed E-state index contributed by atoms with van der Waals surface area (Å²) in [6.07, 6.45) is -4.37. The summed E-state index contributed by atoms with van der Waals surface area (Å²) in [5.41, 5.74) is -0.866. The SMILES string of the molecule is CC(C)(C)OC(=O)N[C@H](C(=O)O)C(F)F. The number of carboxylic acid groups (broad SMARTS) is 1. The van der Waals surface area contributed by atoms with Crippen LogP contribution >= 0.6 is 0 Å². The highest BCUT2D eigenvalue weighted by molar-refractivity contribution is 5.80. The van der Waals surface area contributed by atoms with Crippen LogP contribution in [0.3, 0.4) is 0 Å². The molecule has 7 heteroatoms. The van der Waals surface area contributed by atoms with Crippen LogP contribution in [0.15, 0.2) is 0 Å². The molecule has 15 heavy (non-hydrogen) atoms. The molecule has 0 spiro atoms. The van der Waals surface area contributed by atoms with E-state index in [0.29, 0.717) is 0 Å². The standard InChI is InChI=1S/C8H13F2NO4/c1-8(2,3)15-7(14)11-4(5(9)10)6(12)13/h4-5H,1-3H3,(H,11,14)(H,12,13)/t4-/m0/s1. The molecule has 0 rings (SSSR count). The third-order valence-electron chi connectivity index (χ3n) is 1.19. The van der Waals surface area contributed by atoms with Crippen LogP contribution in [0.2, 0.25) is 0 Å². The number of aliphatic carboxylic acids is 1. The molecule has 0 aliphatic rings. The Bertz CT molecular complexity index is 250. The van der Waals surface area contributed by atoms with E-state index in [0.717, 1.165) is 0 Å². The number of rotatable bonds is 3. The summed E-state index contributed by atoms with van der Waals surface area (Å²) in [6, 6.07) is -2.25. The Kier molecular flexibility index (Phi) is 4.44. The molecule has 0 saturated heterocycles. The Hall–Kier alpha value is -1.40. The number of amides is 1. The molecule has 1 amide bonds. The van der Waals surface area contributed by atoms with Crippen molar-refractivity contribution >= 4 is 12.1 Å². The third-order valence-corrected chi connectivity index (χ3v) is 1.19. The van der Waals surface area contributed by atoms with E-state index in [1.807, 2.05) is 0 Å². The predicted octanol–water partition coefficient (Wildman–Crippen LogP) is 1.23. The summed E-state index contributed by atoms with van der Waals surface area (Å²) in [6.45, 7) is 4.60. The first-order chi connectivity index (χ1) is 6.63. The van der Waals surface area contributed by atoms with Crippen LogP contribution in [0.1, 0.15) is 20.8 Å². The topological polar surface area (TPSA) is 75.6 Å². The zero-order valence-electron chi connectivity index (χ0n) is 8.58. The molecule has 0 heterocycles. The summed E-state index contributed by atoms with van der Waals surface area (Å²) >= 11 is 0. The van der Waals surface area contributed by atoms with Crippen molar-refractivity contribution in [1.82, 2.24) is 5.32 Å². The summed E-state index contributed by atoms with van der Waals surface area (Å²) < 4.78 is 28.8. The number of hydrogen-bond acceptors (Lipinski definition) is 3. The molecule has 5 nitrogen and oxygen atoms in total. The van der Waals surface area contributed by atoms with Crippen LogP contribution in [0.25, 0.3) is 0 Å². The van der Waals surface area contributed by atoms with Crippen molar-refractivity contribution in [2.45, 2.75) is 38.8 Å². The van der Waals surface area contributed by atoms with E-state index >= 15 is 0 Å². The van der Waals surface area contributed by atoms with Crippen LogP contribution in [0.5, 0.6) is 0 Å². The van der Waals surface area contributed by atoms with Gasteiger partial charge in [-0.15, -0.1) is 0 Å². The first kappa shape index (κ1) is 13.6. The zero-order valence-corrected chi connectivity index (χ0v) is 8.58. The number of nitrogens with one attached hydrogen (secondary N) is 1. The number of alkyl carbamates (subject to hydrolysis) is 1. The molecular formula is C8H13F2NO4. The number of carbonyl (C=O) groups excluding carboxylic acids is 1. The maximum absolute atomic E-state index is 12.1. The molecule has 0 radical (unpaired) electrons. The van der Waals surface area contributed by atoms with Gasteiger partial charge in [0.15, 0.2) is 6.04 Å². The lowest BCUT2D eigenvalue weighted by Gasteiger charge is -2.21. The van der Waals surface area contributed by atoms with E-state index in [1.54, 1.807) is 5.32 Å². The first-order valence-electron chi connectivity index (χ1n) is 4.14. The summed E-state index contributed by atoms with van der Waals surface area (Å²) in [4.78, 5) is 21.2.